The number of thioether (sulfide) groups is 1. The van der Waals surface area contributed by atoms with Crippen molar-refractivity contribution in [3.63, 3.8) is 0 Å². The largest absolute Gasteiger partial charge is 0.435 e. The van der Waals surface area contributed by atoms with E-state index in [0.717, 1.165) is 16.5 Å². The highest BCUT2D eigenvalue weighted by molar-refractivity contribution is 8.00. The molecule has 136 valence electrons. The third-order valence-electron chi connectivity index (χ3n) is 3.60. The first kappa shape index (κ1) is 19.4. The standard InChI is InChI=1S/C17H20F3N3OS/c1-11-4-6-14(7-5-11)25-13(3)16(24)21-8-9-23-12(2)10-15(22-23)17(18,19)20/h4-7,10,13H,8-9H2,1-3H3,(H,21,24)/t13-/m0/s1. The second-order valence-electron chi connectivity index (χ2n) is 5.76. The summed E-state index contributed by atoms with van der Waals surface area (Å²) in [5.41, 5.74) is 0.637. The van der Waals surface area contributed by atoms with Crippen LogP contribution < -0.4 is 5.32 Å². The summed E-state index contributed by atoms with van der Waals surface area (Å²) in [6.07, 6.45) is -4.46. The molecular weight excluding hydrogens is 351 g/mol. The zero-order valence-electron chi connectivity index (χ0n) is 14.2. The van der Waals surface area contributed by atoms with Gasteiger partial charge in [0.15, 0.2) is 5.69 Å². The molecule has 0 aliphatic heterocycles. The fourth-order valence-electron chi connectivity index (χ4n) is 2.18. The molecule has 8 heteroatoms. The Morgan fingerprint density at radius 2 is 1.92 bits per heavy atom. The molecule has 2 aromatic rings. The summed E-state index contributed by atoms with van der Waals surface area (Å²) in [6, 6.07) is 8.86. The molecule has 0 bridgehead atoms. The van der Waals surface area contributed by atoms with E-state index in [9.17, 15) is 18.0 Å². The molecule has 0 fully saturated rings. The lowest BCUT2D eigenvalue weighted by atomic mass is 10.2. The summed E-state index contributed by atoms with van der Waals surface area (Å²) in [5.74, 6) is -0.161. The van der Waals surface area contributed by atoms with Crippen molar-refractivity contribution in [3.05, 3.63) is 47.3 Å². The summed E-state index contributed by atoms with van der Waals surface area (Å²) in [4.78, 5) is 13.1. The van der Waals surface area contributed by atoms with Gasteiger partial charge in [-0.1, -0.05) is 17.7 Å². The van der Waals surface area contributed by atoms with Crippen LogP contribution in [0.1, 0.15) is 23.9 Å². The molecule has 1 aromatic carbocycles. The van der Waals surface area contributed by atoms with Crippen LogP contribution in [-0.2, 0) is 17.5 Å². The van der Waals surface area contributed by atoms with E-state index in [-0.39, 0.29) is 24.2 Å². The average Bonchev–Trinajstić information content (AvgIpc) is 2.91. The fourth-order valence-corrected chi connectivity index (χ4v) is 3.07. The first-order valence-corrected chi connectivity index (χ1v) is 8.67. The Hall–Kier alpha value is -1.96. The van der Waals surface area contributed by atoms with E-state index < -0.39 is 11.9 Å². The highest BCUT2D eigenvalue weighted by Gasteiger charge is 2.34. The van der Waals surface area contributed by atoms with E-state index in [1.54, 1.807) is 13.8 Å². The van der Waals surface area contributed by atoms with Gasteiger partial charge in [0.25, 0.3) is 0 Å². The molecule has 0 spiro atoms. The van der Waals surface area contributed by atoms with Gasteiger partial charge in [0.2, 0.25) is 5.91 Å². The van der Waals surface area contributed by atoms with Crippen molar-refractivity contribution in [2.24, 2.45) is 0 Å². The van der Waals surface area contributed by atoms with Crippen LogP contribution in [0.2, 0.25) is 0 Å². The van der Waals surface area contributed by atoms with Gasteiger partial charge in [0.1, 0.15) is 0 Å². The first-order valence-electron chi connectivity index (χ1n) is 7.79. The zero-order valence-corrected chi connectivity index (χ0v) is 15.0. The van der Waals surface area contributed by atoms with E-state index in [4.69, 9.17) is 0 Å². The smallest absolute Gasteiger partial charge is 0.353 e. The number of nitrogens with one attached hydrogen (secondary N) is 1. The molecule has 0 aliphatic carbocycles. The molecule has 1 amide bonds. The molecular formula is C17H20F3N3OS. The maximum absolute atomic E-state index is 12.6. The number of carbonyl (C=O) groups is 1. The van der Waals surface area contributed by atoms with Gasteiger partial charge in [-0.3, -0.25) is 9.48 Å². The molecule has 0 saturated carbocycles. The molecule has 0 saturated heterocycles. The van der Waals surface area contributed by atoms with Gasteiger partial charge in [-0.25, -0.2) is 0 Å². The summed E-state index contributed by atoms with van der Waals surface area (Å²) >= 11 is 1.43. The van der Waals surface area contributed by atoms with Crippen LogP contribution in [0.3, 0.4) is 0 Å². The van der Waals surface area contributed by atoms with Crippen LogP contribution >= 0.6 is 11.8 Å². The zero-order chi connectivity index (χ0) is 18.6. The highest BCUT2D eigenvalue weighted by Crippen LogP contribution is 2.28. The number of hydrogen-bond donors (Lipinski definition) is 1. The number of amides is 1. The summed E-state index contributed by atoms with van der Waals surface area (Å²) in [7, 11) is 0. The van der Waals surface area contributed by atoms with Crippen molar-refractivity contribution in [3.8, 4) is 0 Å². The topological polar surface area (TPSA) is 46.9 Å². The van der Waals surface area contributed by atoms with Gasteiger partial charge in [0, 0.05) is 17.1 Å². The minimum atomic E-state index is -4.46. The summed E-state index contributed by atoms with van der Waals surface area (Å²) < 4.78 is 39.1. The molecule has 1 heterocycles. The molecule has 1 aromatic heterocycles. The number of benzene rings is 1. The maximum atomic E-state index is 12.6. The Kier molecular flexibility index (Phi) is 6.16. The van der Waals surface area contributed by atoms with Gasteiger partial charge in [-0.05, 0) is 39.0 Å². The van der Waals surface area contributed by atoms with Crippen LogP contribution in [-0.4, -0.2) is 27.5 Å². The molecule has 1 atom stereocenters. The Bertz CT molecular complexity index is 726. The number of carbonyl (C=O) groups excluding carboxylic acids is 1. The number of nitrogens with zero attached hydrogens (tertiary/aromatic N) is 2. The Balaban J connectivity index is 1.83. The van der Waals surface area contributed by atoms with Gasteiger partial charge in [-0.2, -0.15) is 18.3 Å². The number of alkyl halides is 3. The first-order chi connectivity index (χ1) is 11.7. The number of hydrogen-bond acceptors (Lipinski definition) is 3. The van der Waals surface area contributed by atoms with Gasteiger partial charge >= 0.3 is 6.18 Å². The number of rotatable bonds is 6. The predicted molar refractivity (Wildman–Crippen MR) is 91.5 cm³/mol. The molecule has 0 radical (unpaired) electrons. The average molecular weight is 371 g/mol. The molecule has 25 heavy (non-hydrogen) atoms. The number of aryl methyl sites for hydroxylation is 2. The van der Waals surface area contributed by atoms with Crippen LogP contribution in [0.25, 0.3) is 0 Å². The van der Waals surface area contributed by atoms with Crippen molar-refractivity contribution in [2.45, 2.75) is 43.6 Å². The van der Waals surface area contributed by atoms with Crippen LogP contribution in [0, 0.1) is 13.8 Å². The molecule has 1 N–H and O–H groups in total. The van der Waals surface area contributed by atoms with Crippen molar-refractivity contribution in [1.29, 1.82) is 0 Å². The van der Waals surface area contributed by atoms with Crippen molar-refractivity contribution >= 4 is 17.7 Å². The number of halogens is 3. The van der Waals surface area contributed by atoms with Gasteiger partial charge in [0.05, 0.1) is 11.8 Å². The third-order valence-corrected chi connectivity index (χ3v) is 4.71. The SMILES string of the molecule is Cc1ccc(S[C@@H](C)C(=O)NCCn2nc(C(F)(F)F)cc2C)cc1. The van der Waals surface area contributed by atoms with Crippen LogP contribution in [0.5, 0.6) is 0 Å². The van der Waals surface area contributed by atoms with E-state index in [2.05, 4.69) is 10.4 Å². The predicted octanol–water partition coefficient (Wildman–Crippen LogP) is 3.82. The molecule has 0 aliphatic rings. The number of aromatic nitrogens is 2. The second kappa shape index (κ2) is 7.95. The minimum absolute atomic E-state index is 0.161. The normalized spacial score (nSPS) is 12.9. The van der Waals surface area contributed by atoms with Crippen molar-refractivity contribution in [1.82, 2.24) is 15.1 Å². The van der Waals surface area contributed by atoms with Crippen LogP contribution in [0.4, 0.5) is 13.2 Å². The lowest BCUT2D eigenvalue weighted by molar-refractivity contribution is -0.141. The van der Waals surface area contributed by atoms with Crippen molar-refractivity contribution in [2.75, 3.05) is 6.54 Å². The molecule has 0 unspecified atom stereocenters. The monoisotopic (exact) mass is 371 g/mol. The van der Waals surface area contributed by atoms with Crippen molar-refractivity contribution < 1.29 is 18.0 Å². The Morgan fingerprint density at radius 3 is 2.48 bits per heavy atom. The van der Waals surface area contributed by atoms with E-state index in [1.165, 1.54) is 16.4 Å². The lowest BCUT2D eigenvalue weighted by Gasteiger charge is -2.12. The third kappa shape index (κ3) is 5.52. The van der Waals surface area contributed by atoms with Gasteiger partial charge in [-0.15, -0.1) is 11.8 Å². The second-order valence-corrected chi connectivity index (χ2v) is 7.17. The van der Waals surface area contributed by atoms with E-state index in [1.807, 2.05) is 31.2 Å². The lowest BCUT2D eigenvalue weighted by Crippen LogP contribution is -2.33. The summed E-state index contributed by atoms with van der Waals surface area (Å²) in [6.45, 7) is 5.75. The molecule has 2 rings (SSSR count). The van der Waals surface area contributed by atoms with E-state index >= 15 is 0 Å². The minimum Gasteiger partial charge on any atom is -0.353 e. The van der Waals surface area contributed by atoms with Gasteiger partial charge < -0.3 is 5.32 Å². The maximum Gasteiger partial charge on any atom is 0.435 e. The summed E-state index contributed by atoms with van der Waals surface area (Å²) in [5, 5.41) is 5.97. The molecule has 4 nitrogen and oxygen atoms in total. The quantitative estimate of drug-likeness (QED) is 0.786. The Morgan fingerprint density at radius 1 is 1.28 bits per heavy atom. The van der Waals surface area contributed by atoms with E-state index in [0.29, 0.717) is 5.69 Å². The Labute approximate surface area is 148 Å². The van der Waals surface area contributed by atoms with Crippen LogP contribution in [0.15, 0.2) is 35.2 Å². The fraction of sp³-hybridized carbons (Fsp3) is 0.412. The highest BCUT2D eigenvalue weighted by atomic mass is 32.2.